The van der Waals surface area contributed by atoms with Crippen LogP contribution >= 0.6 is 11.3 Å². The van der Waals surface area contributed by atoms with E-state index in [0.717, 1.165) is 12.1 Å². The number of benzene rings is 1. The maximum Gasteiger partial charge on any atom is 0.387 e. The van der Waals surface area contributed by atoms with Gasteiger partial charge in [-0.25, -0.2) is 4.98 Å². The predicted octanol–water partition coefficient (Wildman–Crippen LogP) is 3.09. The van der Waals surface area contributed by atoms with E-state index in [4.69, 9.17) is 4.74 Å². The molecule has 2 aromatic rings. The SMILES string of the molecule is COc1cccc(CNCCc2cscn2)c1OC(F)F. The van der Waals surface area contributed by atoms with E-state index in [1.54, 1.807) is 35.0 Å². The van der Waals surface area contributed by atoms with E-state index in [1.807, 2.05) is 5.38 Å². The molecule has 0 fully saturated rings. The molecule has 0 aliphatic heterocycles. The summed E-state index contributed by atoms with van der Waals surface area (Å²) < 4.78 is 34.6. The number of ether oxygens (including phenoxy) is 2. The first-order chi connectivity index (χ1) is 10.2. The third-order valence-corrected chi connectivity index (χ3v) is 3.48. The number of thiazole rings is 1. The fourth-order valence-electron chi connectivity index (χ4n) is 1.88. The lowest BCUT2D eigenvalue weighted by atomic mass is 10.2. The van der Waals surface area contributed by atoms with Gasteiger partial charge in [-0.2, -0.15) is 8.78 Å². The fourth-order valence-corrected chi connectivity index (χ4v) is 2.48. The number of para-hydroxylation sites is 1. The van der Waals surface area contributed by atoms with Crippen molar-refractivity contribution in [3.63, 3.8) is 0 Å². The van der Waals surface area contributed by atoms with E-state index in [-0.39, 0.29) is 5.75 Å². The zero-order valence-corrected chi connectivity index (χ0v) is 12.3. The van der Waals surface area contributed by atoms with Crippen molar-refractivity contribution in [3.8, 4) is 11.5 Å². The molecule has 0 aliphatic carbocycles. The summed E-state index contributed by atoms with van der Waals surface area (Å²) in [7, 11) is 1.42. The number of alkyl halides is 2. The van der Waals surface area contributed by atoms with Crippen molar-refractivity contribution in [1.29, 1.82) is 0 Å². The smallest absolute Gasteiger partial charge is 0.387 e. The first-order valence-corrected chi connectivity index (χ1v) is 7.33. The van der Waals surface area contributed by atoms with Crippen molar-refractivity contribution in [1.82, 2.24) is 10.3 Å². The van der Waals surface area contributed by atoms with Gasteiger partial charge in [0, 0.05) is 30.5 Å². The standard InChI is InChI=1S/C14H16F2N2O2S/c1-19-12-4-2-3-10(13(12)20-14(15)16)7-17-6-5-11-8-21-9-18-11/h2-4,8-9,14,17H,5-7H2,1H3. The second kappa shape index (κ2) is 7.90. The zero-order chi connectivity index (χ0) is 15.1. The summed E-state index contributed by atoms with van der Waals surface area (Å²) >= 11 is 1.55. The van der Waals surface area contributed by atoms with Gasteiger partial charge in [-0.1, -0.05) is 12.1 Å². The monoisotopic (exact) mass is 314 g/mol. The molecule has 0 radical (unpaired) electrons. The van der Waals surface area contributed by atoms with Crippen LogP contribution in [0.3, 0.4) is 0 Å². The Morgan fingerprint density at radius 1 is 1.38 bits per heavy atom. The van der Waals surface area contributed by atoms with Crippen molar-refractivity contribution in [2.24, 2.45) is 0 Å². The summed E-state index contributed by atoms with van der Waals surface area (Å²) in [6, 6.07) is 5.07. The molecule has 21 heavy (non-hydrogen) atoms. The maximum absolute atomic E-state index is 12.5. The number of halogens is 2. The van der Waals surface area contributed by atoms with E-state index in [1.165, 1.54) is 7.11 Å². The number of nitrogens with zero attached hydrogens (tertiary/aromatic N) is 1. The first kappa shape index (κ1) is 15.7. The third-order valence-electron chi connectivity index (χ3n) is 2.84. The van der Waals surface area contributed by atoms with E-state index in [2.05, 4.69) is 15.0 Å². The second-order valence-electron chi connectivity index (χ2n) is 4.23. The maximum atomic E-state index is 12.5. The Labute approximate surface area is 125 Å². The number of rotatable bonds is 8. The molecule has 4 nitrogen and oxygen atoms in total. The van der Waals surface area contributed by atoms with Gasteiger partial charge in [0.25, 0.3) is 0 Å². The average Bonchev–Trinajstić information content (AvgIpc) is 2.97. The van der Waals surface area contributed by atoms with Gasteiger partial charge >= 0.3 is 6.61 Å². The molecular formula is C14H16F2N2O2S. The number of aromatic nitrogens is 1. The Kier molecular flexibility index (Phi) is 5.89. The molecule has 1 N–H and O–H groups in total. The Bertz CT molecular complexity index is 550. The van der Waals surface area contributed by atoms with Crippen LogP contribution in [0.4, 0.5) is 8.78 Å². The summed E-state index contributed by atoms with van der Waals surface area (Å²) in [6.07, 6.45) is 0.790. The van der Waals surface area contributed by atoms with Crippen LogP contribution in [0.5, 0.6) is 11.5 Å². The largest absolute Gasteiger partial charge is 0.493 e. The van der Waals surface area contributed by atoms with Crippen molar-refractivity contribution >= 4 is 11.3 Å². The molecule has 2 rings (SSSR count). The van der Waals surface area contributed by atoms with E-state index in [0.29, 0.717) is 24.4 Å². The normalized spacial score (nSPS) is 10.9. The molecule has 0 spiro atoms. The van der Waals surface area contributed by atoms with Crippen LogP contribution in [0.2, 0.25) is 0 Å². The first-order valence-electron chi connectivity index (χ1n) is 6.39. The molecular weight excluding hydrogens is 298 g/mol. The lowest BCUT2D eigenvalue weighted by molar-refractivity contribution is -0.0518. The highest BCUT2D eigenvalue weighted by Crippen LogP contribution is 2.32. The molecule has 0 amide bonds. The lowest BCUT2D eigenvalue weighted by Crippen LogP contribution is -2.18. The van der Waals surface area contributed by atoms with Crippen LogP contribution in [0.15, 0.2) is 29.1 Å². The molecule has 0 unspecified atom stereocenters. The van der Waals surface area contributed by atoms with Crippen molar-refractivity contribution in [3.05, 3.63) is 40.3 Å². The van der Waals surface area contributed by atoms with Gasteiger partial charge in [-0.05, 0) is 6.07 Å². The average molecular weight is 314 g/mol. The fraction of sp³-hybridized carbons (Fsp3) is 0.357. The number of hydrogen-bond donors (Lipinski definition) is 1. The van der Waals surface area contributed by atoms with Gasteiger partial charge in [0.05, 0.1) is 18.3 Å². The molecule has 0 saturated heterocycles. The highest BCUT2D eigenvalue weighted by Gasteiger charge is 2.14. The van der Waals surface area contributed by atoms with Gasteiger partial charge in [-0.15, -0.1) is 11.3 Å². The highest BCUT2D eigenvalue weighted by atomic mass is 32.1. The Morgan fingerprint density at radius 2 is 2.24 bits per heavy atom. The van der Waals surface area contributed by atoms with Gasteiger partial charge < -0.3 is 14.8 Å². The van der Waals surface area contributed by atoms with Crippen LogP contribution in [0, 0.1) is 0 Å². The summed E-state index contributed by atoms with van der Waals surface area (Å²) in [6.45, 7) is -1.76. The summed E-state index contributed by atoms with van der Waals surface area (Å²) in [5.41, 5.74) is 3.43. The minimum Gasteiger partial charge on any atom is -0.493 e. The zero-order valence-electron chi connectivity index (χ0n) is 11.5. The van der Waals surface area contributed by atoms with Crippen LogP contribution in [-0.4, -0.2) is 25.3 Å². The van der Waals surface area contributed by atoms with E-state index < -0.39 is 6.61 Å². The van der Waals surface area contributed by atoms with Crippen molar-refractivity contribution in [2.75, 3.05) is 13.7 Å². The topological polar surface area (TPSA) is 43.4 Å². The second-order valence-corrected chi connectivity index (χ2v) is 4.95. The summed E-state index contributed by atoms with van der Waals surface area (Å²) in [5, 5.41) is 5.17. The molecule has 0 aliphatic rings. The molecule has 1 aromatic heterocycles. The lowest BCUT2D eigenvalue weighted by Gasteiger charge is -2.14. The van der Waals surface area contributed by atoms with Gasteiger partial charge in [0.1, 0.15) is 0 Å². The summed E-state index contributed by atoms with van der Waals surface area (Å²) in [5.74, 6) is 0.380. The third kappa shape index (κ3) is 4.64. The molecule has 1 aromatic carbocycles. The van der Waals surface area contributed by atoms with E-state index >= 15 is 0 Å². The van der Waals surface area contributed by atoms with Crippen LogP contribution in [-0.2, 0) is 13.0 Å². The molecule has 114 valence electrons. The Hall–Kier alpha value is -1.73. The van der Waals surface area contributed by atoms with Crippen LogP contribution in [0.1, 0.15) is 11.3 Å². The number of nitrogens with one attached hydrogen (secondary N) is 1. The van der Waals surface area contributed by atoms with Gasteiger partial charge in [-0.3, -0.25) is 0 Å². The van der Waals surface area contributed by atoms with Gasteiger partial charge in [0.15, 0.2) is 11.5 Å². The minimum absolute atomic E-state index is 0.0798. The molecule has 0 bridgehead atoms. The highest BCUT2D eigenvalue weighted by molar-refractivity contribution is 7.07. The Balaban J connectivity index is 1.95. The number of hydrogen-bond acceptors (Lipinski definition) is 5. The van der Waals surface area contributed by atoms with Crippen molar-refractivity contribution < 1.29 is 18.3 Å². The Morgan fingerprint density at radius 3 is 2.90 bits per heavy atom. The van der Waals surface area contributed by atoms with Crippen LogP contribution in [0.25, 0.3) is 0 Å². The number of methoxy groups -OCH3 is 1. The minimum atomic E-state index is -2.88. The quantitative estimate of drug-likeness (QED) is 0.761. The molecule has 1 heterocycles. The molecule has 0 saturated carbocycles. The molecule has 7 heteroatoms. The van der Waals surface area contributed by atoms with Crippen LogP contribution < -0.4 is 14.8 Å². The molecule has 0 atom stereocenters. The van der Waals surface area contributed by atoms with E-state index in [9.17, 15) is 8.78 Å². The van der Waals surface area contributed by atoms with Gasteiger partial charge in [0.2, 0.25) is 0 Å². The predicted molar refractivity (Wildman–Crippen MR) is 77.2 cm³/mol. The summed E-state index contributed by atoms with van der Waals surface area (Å²) in [4.78, 5) is 4.18. The van der Waals surface area contributed by atoms with Crippen molar-refractivity contribution in [2.45, 2.75) is 19.6 Å².